The Labute approximate surface area is 313 Å². The molecule has 0 saturated carbocycles. The Bertz CT molecular complexity index is 1260. The minimum absolute atomic E-state index is 0.0262. The average molecular weight is 747 g/mol. The second kappa shape index (κ2) is 17.0. The fourth-order valence-electron chi connectivity index (χ4n) is 8.72. The Morgan fingerprint density at radius 3 is 1.96 bits per heavy atom. The molecular formula is C42H74O7Si2. The van der Waals surface area contributed by atoms with Crippen LogP contribution in [-0.2, 0) is 27.9 Å². The number of hydrogen-bond donors (Lipinski definition) is 0. The monoisotopic (exact) mass is 746 g/mol. The second-order valence-corrected chi connectivity index (χ2v) is 29.0. The molecule has 292 valence electrons. The number of hydrogen-bond acceptors (Lipinski definition) is 7. The van der Waals surface area contributed by atoms with Crippen LogP contribution in [0.2, 0.25) is 34.8 Å². The number of carbonyl (C=O) groups is 2. The van der Waals surface area contributed by atoms with Crippen LogP contribution in [0, 0.1) is 11.8 Å². The van der Waals surface area contributed by atoms with Crippen LogP contribution in [0.25, 0.3) is 0 Å². The van der Waals surface area contributed by atoms with Gasteiger partial charge in [-0.15, -0.1) is 0 Å². The minimum Gasteiger partial charge on any atom is -0.458 e. The highest BCUT2D eigenvalue weighted by atomic mass is 28.4. The molecule has 51 heavy (non-hydrogen) atoms. The van der Waals surface area contributed by atoms with Crippen molar-refractivity contribution in [3.05, 3.63) is 35.9 Å². The summed E-state index contributed by atoms with van der Waals surface area (Å²) in [4.78, 5) is 26.1. The summed E-state index contributed by atoms with van der Waals surface area (Å²) in [6.07, 6.45) is 3.94. The van der Waals surface area contributed by atoms with Gasteiger partial charge in [0, 0.05) is 18.3 Å². The van der Waals surface area contributed by atoms with Crippen molar-refractivity contribution in [3.8, 4) is 0 Å². The van der Waals surface area contributed by atoms with Crippen molar-refractivity contribution in [2.24, 2.45) is 11.8 Å². The zero-order valence-electron chi connectivity index (χ0n) is 35.1. The molecule has 0 spiro atoms. The molecule has 0 aliphatic carbocycles. The van der Waals surface area contributed by atoms with Crippen LogP contribution < -0.4 is 0 Å². The molecule has 0 unspecified atom stereocenters. The summed E-state index contributed by atoms with van der Waals surface area (Å²) in [5, 5.41) is 0.122. The van der Waals surface area contributed by atoms with Crippen LogP contribution in [0.15, 0.2) is 30.3 Å². The predicted molar refractivity (Wildman–Crippen MR) is 213 cm³/mol. The maximum Gasteiger partial charge on any atom is 0.338 e. The van der Waals surface area contributed by atoms with Gasteiger partial charge in [-0.3, -0.25) is 0 Å². The predicted octanol–water partition coefficient (Wildman–Crippen LogP) is 10.9. The van der Waals surface area contributed by atoms with Gasteiger partial charge in [-0.25, -0.2) is 4.79 Å². The molecule has 0 bridgehead atoms. The molecule has 9 atom stereocenters. The third-order valence-electron chi connectivity index (χ3n) is 13.2. The third-order valence-corrected chi connectivity index (χ3v) is 23.8. The zero-order chi connectivity index (χ0) is 38.7. The molecule has 3 rings (SSSR count). The molecule has 2 heterocycles. The van der Waals surface area contributed by atoms with E-state index in [4.69, 9.17) is 23.1 Å². The molecule has 1 aromatic rings. The number of aldehydes is 1. The number of esters is 1. The lowest BCUT2D eigenvalue weighted by atomic mass is 9.87. The van der Waals surface area contributed by atoms with Gasteiger partial charge in [0.2, 0.25) is 8.32 Å². The van der Waals surface area contributed by atoms with Crippen molar-refractivity contribution < 1.29 is 32.7 Å². The average Bonchev–Trinajstić information content (AvgIpc) is 3.64. The molecule has 0 radical (unpaired) electrons. The largest absolute Gasteiger partial charge is 0.458 e. The van der Waals surface area contributed by atoms with Crippen molar-refractivity contribution in [3.63, 3.8) is 0 Å². The van der Waals surface area contributed by atoms with E-state index in [-0.39, 0.29) is 46.8 Å². The van der Waals surface area contributed by atoms with Crippen LogP contribution in [0.5, 0.6) is 0 Å². The van der Waals surface area contributed by atoms with E-state index in [1.165, 1.54) is 0 Å². The summed E-state index contributed by atoms with van der Waals surface area (Å²) in [6, 6.07) is 9.16. The number of benzene rings is 1. The first kappa shape index (κ1) is 44.0. The van der Waals surface area contributed by atoms with Gasteiger partial charge in [-0.05, 0) is 93.3 Å². The van der Waals surface area contributed by atoms with Crippen molar-refractivity contribution in [1.82, 2.24) is 0 Å². The van der Waals surface area contributed by atoms with Crippen LogP contribution >= 0.6 is 0 Å². The van der Waals surface area contributed by atoms with E-state index in [2.05, 4.69) is 103 Å². The first-order valence-electron chi connectivity index (χ1n) is 19.9. The SMILES string of the molecule is CC(C)[Si](O[C@@H]([C@@H](C)[C@H](C[C@@H]1CC[C@@](C)([C@H]2CC[C@@](C)([C@@H](C)O[Si](C)(C)C(C)(C)C)O2)O1)OC(=O)c1ccccc1)[C@H](C)C=O)(C(C)C)C(C)C. The molecule has 9 heteroatoms. The summed E-state index contributed by atoms with van der Waals surface area (Å²) in [5.74, 6) is -0.969. The van der Waals surface area contributed by atoms with Crippen LogP contribution in [-0.4, -0.2) is 70.6 Å². The molecular weight excluding hydrogens is 673 g/mol. The summed E-state index contributed by atoms with van der Waals surface area (Å²) in [7, 11) is -4.34. The molecule has 2 fully saturated rings. The molecule has 1 aromatic carbocycles. The number of carbonyl (C=O) groups excluding carboxylic acids is 2. The fraction of sp³-hybridized carbons (Fsp3) is 0.810. The van der Waals surface area contributed by atoms with Crippen LogP contribution in [0.1, 0.15) is 139 Å². The highest BCUT2D eigenvalue weighted by molar-refractivity contribution is 6.77. The normalized spacial score (nSPS) is 27.8. The maximum atomic E-state index is 13.6. The van der Waals surface area contributed by atoms with Crippen LogP contribution in [0.4, 0.5) is 0 Å². The van der Waals surface area contributed by atoms with Gasteiger partial charge in [0.05, 0.1) is 41.2 Å². The molecule has 0 aromatic heterocycles. The Balaban J connectivity index is 1.87. The summed E-state index contributed by atoms with van der Waals surface area (Å²) in [5.41, 5.74) is 0.710. The van der Waals surface area contributed by atoms with Gasteiger partial charge in [0.1, 0.15) is 12.4 Å². The maximum absolute atomic E-state index is 13.6. The van der Waals surface area contributed by atoms with E-state index < -0.39 is 34.4 Å². The van der Waals surface area contributed by atoms with Gasteiger partial charge >= 0.3 is 5.97 Å². The highest BCUT2D eigenvalue weighted by Gasteiger charge is 2.54. The van der Waals surface area contributed by atoms with Crippen molar-refractivity contribution in [2.75, 3.05) is 0 Å². The molecule has 0 N–H and O–H groups in total. The molecule has 2 saturated heterocycles. The Hall–Kier alpha value is -1.37. The third kappa shape index (κ3) is 9.85. The lowest BCUT2D eigenvalue weighted by Gasteiger charge is -2.47. The van der Waals surface area contributed by atoms with Gasteiger partial charge in [-0.1, -0.05) is 94.4 Å². The summed E-state index contributed by atoms with van der Waals surface area (Å²) >= 11 is 0. The van der Waals surface area contributed by atoms with Gasteiger partial charge in [0.25, 0.3) is 0 Å². The zero-order valence-corrected chi connectivity index (χ0v) is 37.1. The molecule has 0 amide bonds. The number of ether oxygens (including phenoxy) is 3. The fourth-order valence-corrected chi connectivity index (χ4v) is 15.9. The first-order valence-corrected chi connectivity index (χ1v) is 24.9. The Morgan fingerprint density at radius 1 is 0.882 bits per heavy atom. The second-order valence-electron chi connectivity index (χ2n) is 18.9. The van der Waals surface area contributed by atoms with E-state index in [9.17, 15) is 9.59 Å². The Morgan fingerprint density at radius 2 is 1.45 bits per heavy atom. The first-order chi connectivity index (χ1) is 23.4. The van der Waals surface area contributed by atoms with Crippen LogP contribution in [0.3, 0.4) is 0 Å². The lowest BCUT2D eigenvalue weighted by Crippen LogP contribution is -2.54. The minimum atomic E-state index is -2.37. The van der Waals surface area contributed by atoms with E-state index in [0.717, 1.165) is 32.0 Å². The highest BCUT2D eigenvalue weighted by Crippen LogP contribution is 2.48. The van der Waals surface area contributed by atoms with Gasteiger partial charge < -0.3 is 27.9 Å². The van der Waals surface area contributed by atoms with E-state index >= 15 is 0 Å². The Kier molecular flexibility index (Phi) is 14.7. The van der Waals surface area contributed by atoms with Crippen molar-refractivity contribution >= 4 is 28.9 Å². The topological polar surface area (TPSA) is 80.3 Å². The molecule has 2 aliphatic rings. The molecule has 7 nitrogen and oxygen atoms in total. The molecule has 2 aliphatic heterocycles. The van der Waals surface area contributed by atoms with E-state index in [0.29, 0.717) is 28.6 Å². The van der Waals surface area contributed by atoms with Crippen molar-refractivity contribution in [1.29, 1.82) is 0 Å². The standard InChI is InChI=1S/C42H74O7Si2/c1-28(2)51(29(3)4,30(5)6)49-38(31(7)27-43)32(8)36(45-39(44)34-20-18-17-19-21-34)26-35-22-24-42(14,46-35)37-23-25-41(13,47-37)33(9)48-50(15,16)40(10,11)12/h17-21,27-33,35-38H,22-26H2,1-16H3/t31-,32+,33-,35+,36+,37-,38-,41+,42+/m1/s1. The van der Waals surface area contributed by atoms with E-state index in [1.54, 1.807) is 12.1 Å². The quantitative estimate of drug-likeness (QED) is 0.0892. The van der Waals surface area contributed by atoms with E-state index in [1.807, 2.05) is 25.1 Å². The van der Waals surface area contributed by atoms with Gasteiger partial charge in [0.15, 0.2) is 8.32 Å². The lowest BCUT2D eigenvalue weighted by molar-refractivity contribution is -0.170. The van der Waals surface area contributed by atoms with Crippen molar-refractivity contribution in [2.45, 2.75) is 206 Å². The summed E-state index contributed by atoms with van der Waals surface area (Å²) < 4.78 is 34.5. The summed E-state index contributed by atoms with van der Waals surface area (Å²) in [6.45, 7) is 35.6. The smallest absolute Gasteiger partial charge is 0.338 e. The number of rotatable bonds is 17. The van der Waals surface area contributed by atoms with Gasteiger partial charge in [-0.2, -0.15) is 0 Å².